The molecule has 1 aromatic carbocycles. The number of benzene rings is 1. The van der Waals surface area contributed by atoms with Gasteiger partial charge >= 0.3 is 0 Å². The highest BCUT2D eigenvalue weighted by atomic mass is 32.1. The zero-order valence-electron chi connectivity index (χ0n) is 13.7. The molecule has 0 bridgehead atoms. The third kappa shape index (κ3) is 5.83. The fourth-order valence-corrected chi connectivity index (χ4v) is 2.64. The molecule has 0 fully saturated rings. The molecule has 0 aliphatic heterocycles. The van der Waals surface area contributed by atoms with Gasteiger partial charge in [0.05, 0.1) is 20.2 Å². The summed E-state index contributed by atoms with van der Waals surface area (Å²) in [6, 6.07) is 11.7. The SMILES string of the molecule is CN=C(NCc1cccs1)NCC(C)Oc1cccc(OC)c1. The number of ether oxygens (including phenoxy) is 2. The van der Waals surface area contributed by atoms with E-state index in [1.54, 1.807) is 25.5 Å². The van der Waals surface area contributed by atoms with Crippen LogP contribution in [0.25, 0.3) is 0 Å². The van der Waals surface area contributed by atoms with Gasteiger partial charge in [0.25, 0.3) is 0 Å². The summed E-state index contributed by atoms with van der Waals surface area (Å²) in [5.74, 6) is 2.34. The van der Waals surface area contributed by atoms with Crippen molar-refractivity contribution >= 4 is 17.3 Å². The van der Waals surface area contributed by atoms with Gasteiger partial charge in [-0.15, -0.1) is 11.3 Å². The third-order valence-electron chi connectivity index (χ3n) is 3.17. The van der Waals surface area contributed by atoms with Gasteiger partial charge < -0.3 is 20.1 Å². The second kappa shape index (κ2) is 9.05. The molecule has 5 nitrogen and oxygen atoms in total. The van der Waals surface area contributed by atoms with Crippen molar-refractivity contribution in [3.8, 4) is 11.5 Å². The van der Waals surface area contributed by atoms with Crippen LogP contribution in [0.4, 0.5) is 0 Å². The Labute approximate surface area is 141 Å². The van der Waals surface area contributed by atoms with Crippen LogP contribution < -0.4 is 20.1 Å². The van der Waals surface area contributed by atoms with Gasteiger partial charge in [-0.05, 0) is 30.5 Å². The van der Waals surface area contributed by atoms with E-state index in [1.807, 2.05) is 37.3 Å². The summed E-state index contributed by atoms with van der Waals surface area (Å²) in [5, 5.41) is 8.62. The summed E-state index contributed by atoms with van der Waals surface area (Å²) < 4.78 is 11.1. The maximum atomic E-state index is 5.88. The molecule has 23 heavy (non-hydrogen) atoms. The molecule has 0 aliphatic rings. The molecule has 0 saturated carbocycles. The number of nitrogens with one attached hydrogen (secondary N) is 2. The zero-order chi connectivity index (χ0) is 16.5. The lowest BCUT2D eigenvalue weighted by Gasteiger charge is -2.18. The third-order valence-corrected chi connectivity index (χ3v) is 4.05. The molecule has 1 aromatic heterocycles. The number of rotatable bonds is 7. The molecule has 2 rings (SSSR count). The van der Waals surface area contributed by atoms with Crippen LogP contribution in [-0.2, 0) is 6.54 Å². The molecule has 2 aromatic rings. The number of thiophene rings is 1. The lowest BCUT2D eigenvalue weighted by molar-refractivity contribution is 0.223. The van der Waals surface area contributed by atoms with Gasteiger partial charge in [0, 0.05) is 18.0 Å². The number of hydrogen-bond acceptors (Lipinski definition) is 4. The van der Waals surface area contributed by atoms with Crippen molar-refractivity contribution in [2.45, 2.75) is 19.6 Å². The molecule has 0 radical (unpaired) electrons. The molecule has 0 spiro atoms. The van der Waals surface area contributed by atoms with E-state index < -0.39 is 0 Å². The van der Waals surface area contributed by atoms with E-state index in [4.69, 9.17) is 9.47 Å². The van der Waals surface area contributed by atoms with Gasteiger partial charge in [-0.2, -0.15) is 0 Å². The summed E-state index contributed by atoms with van der Waals surface area (Å²) in [5.41, 5.74) is 0. The van der Waals surface area contributed by atoms with Crippen molar-refractivity contribution in [1.29, 1.82) is 0 Å². The Balaban J connectivity index is 1.76. The van der Waals surface area contributed by atoms with Crippen LogP contribution in [0.1, 0.15) is 11.8 Å². The number of nitrogens with zero attached hydrogens (tertiary/aromatic N) is 1. The van der Waals surface area contributed by atoms with E-state index >= 15 is 0 Å². The Bertz CT molecular complexity index is 614. The fraction of sp³-hybridized carbons (Fsp3) is 0.353. The summed E-state index contributed by atoms with van der Waals surface area (Å²) in [6.07, 6.45) is 0.00222. The Morgan fingerprint density at radius 2 is 2.04 bits per heavy atom. The maximum Gasteiger partial charge on any atom is 0.191 e. The second-order valence-electron chi connectivity index (χ2n) is 4.99. The van der Waals surface area contributed by atoms with Crippen LogP contribution in [0.3, 0.4) is 0 Å². The summed E-state index contributed by atoms with van der Waals surface area (Å²) in [7, 11) is 3.41. The number of aliphatic imine (C=N–C) groups is 1. The highest BCUT2D eigenvalue weighted by molar-refractivity contribution is 7.09. The smallest absolute Gasteiger partial charge is 0.191 e. The lowest BCUT2D eigenvalue weighted by Crippen LogP contribution is -2.41. The minimum atomic E-state index is 0.00222. The minimum Gasteiger partial charge on any atom is -0.497 e. The normalized spacial score (nSPS) is 12.6. The quantitative estimate of drug-likeness (QED) is 0.604. The van der Waals surface area contributed by atoms with Crippen molar-refractivity contribution in [3.63, 3.8) is 0 Å². The van der Waals surface area contributed by atoms with Crippen molar-refractivity contribution in [1.82, 2.24) is 10.6 Å². The first-order valence-corrected chi connectivity index (χ1v) is 8.37. The van der Waals surface area contributed by atoms with Gasteiger partial charge in [0.1, 0.15) is 17.6 Å². The van der Waals surface area contributed by atoms with Crippen molar-refractivity contribution in [2.24, 2.45) is 4.99 Å². The minimum absolute atomic E-state index is 0.00222. The largest absolute Gasteiger partial charge is 0.497 e. The number of hydrogen-bond donors (Lipinski definition) is 2. The molecule has 0 amide bonds. The Morgan fingerprint density at radius 3 is 2.74 bits per heavy atom. The lowest BCUT2D eigenvalue weighted by atomic mass is 10.3. The average Bonchev–Trinajstić information content (AvgIpc) is 3.08. The van der Waals surface area contributed by atoms with E-state index in [-0.39, 0.29) is 6.10 Å². The van der Waals surface area contributed by atoms with Crippen molar-refractivity contribution in [2.75, 3.05) is 20.7 Å². The Hall–Kier alpha value is -2.21. The maximum absolute atomic E-state index is 5.88. The molecule has 124 valence electrons. The number of methoxy groups -OCH3 is 1. The van der Waals surface area contributed by atoms with Gasteiger partial charge in [0.2, 0.25) is 0 Å². The summed E-state index contributed by atoms with van der Waals surface area (Å²) >= 11 is 1.72. The van der Waals surface area contributed by atoms with Gasteiger partial charge in [-0.1, -0.05) is 12.1 Å². The van der Waals surface area contributed by atoms with Gasteiger partial charge in [-0.25, -0.2) is 0 Å². The van der Waals surface area contributed by atoms with Crippen LogP contribution in [0, 0.1) is 0 Å². The van der Waals surface area contributed by atoms with Crippen LogP contribution >= 0.6 is 11.3 Å². The van der Waals surface area contributed by atoms with Crippen LogP contribution in [0.5, 0.6) is 11.5 Å². The average molecular weight is 333 g/mol. The standard InChI is InChI=1S/C17H23N3O2S/c1-13(22-15-7-4-6-14(10-15)21-3)11-19-17(18-2)20-12-16-8-5-9-23-16/h4-10,13H,11-12H2,1-3H3,(H2,18,19,20). The summed E-state index contributed by atoms with van der Waals surface area (Å²) in [6.45, 7) is 3.43. The molecule has 1 atom stereocenters. The van der Waals surface area contributed by atoms with Crippen LogP contribution in [-0.4, -0.2) is 32.8 Å². The van der Waals surface area contributed by atoms with Gasteiger partial charge in [0.15, 0.2) is 5.96 Å². The first kappa shape index (κ1) is 17.1. The molecular weight excluding hydrogens is 310 g/mol. The highest BCUT2D eigenvalue weighted by Crippen LogP contribution is 2.19. The molecule has 1 unspecified atom stereocenters. The second-order valence-corrected chi connectivity index (χ2v) is 6.03. The first-order chi connectivity index (χ1) is 11.2. The van der Waals surface area contributed by atoms with Gasteiger partial charge in [-0.3, -0.25) is 4.99 Å². The molecule has 1 heterocycles. The van der Waals surface area contributed by atoms with E-state index in [0.717, 1.165) is 24.0 Å². The van der Waals surface area contributed by atoms with E-state index in [1.165, 1.54) is 4.88 Å². The van der Waals surface area contributed by atoms with Crippen molar-refractivity contribution < 1.29 is 9.47 Å². The predicted octanol–water partition coefficient (Wildman–Crippen LogP) is 2.89. The summed E-state index contributed by atoms with van der Waals surface area (Å²) in [4.78, 5) is 5.49. The Morgan fingerprint density at radius 1 is 1.22 bits per heavy atom. The zero-order valence-corrected chi connectivity index (χ0v) is 14.5. The van der Waals surface area contributed by atoms with E-state index in [9.17, 15) is 0 Å². The molecule has 2 N–H and O–H groups in total. The van der Waals surface area contributed by atoms with E-state index in [2.05, 4.69) is 27.1 Å². The molecular formula is C17H23N3O2S. The molecule has 0 aliphatic carbocycles. The Kier molecular flexibility index (Phi) is 6.75. The monoisotopic (exact) mass is 333 g/mol. The predicted molar refractivity (Wildman–Crippen MR) is 95.6 cm³/mol. The van der Waals surface area contributed by atoms with Crippen molar-refractivity contribution in [3.05, 3.63) is 46.7 Å². The van der Waals surface area contributed by atoms with Crippen LogP contribution in [0.15, 0.2) is 46.8 Å². The molecule has 0 saturated heterocycles. The number of guanidine groups is 1. The highest BCUT2D eigenvalue weighted by Gasteiger charge is 2.06. The molecule has 6 heteroatoms. The van der Waals surface area contributed by atoms with Crippen LogP contribution in [0.2, 0.25) is 0 Å². The van der Waals surface area contributed by atoms with E-state index in [0.29, 0.717) is 6.54 Å². The first-order valence-electron chi connectivity index (χ1n) is 7.49. The fourth-order valence-electron chi connectivity index (χ4n) is 1.99. The topological polar surface area (TPSA) is 54.9 Å².